The summed E-state index contributed by atoms with van der Waals surface area (Å²) in [4.78, 5) is 19.4. The number of benzene rings is 1. The van der Waals surface area contributed by atoms with Crippen molar-refractivity contribution in [2.45, 2.75) is 38.6 Å². The number of hydrogen-bond acceptors (Lipinski definition) is 5. The molecule has 1 atom stereocenters. The van der Waals surface area contributed by atoms with Crippen molar-refractivity contribution >= 4 is 32.6 Å². The zero-order valence-corrected chi connectivity index (χ0v) is 14.9. The number of rotatable bonds is 6. The fourth-order valence-corrected chi connectivity index (χ4v) is 4.20. The zero-order chi connectivity index (χ0) is 16.9. The molecule has 0 radical (unpaired) electrons. The monoisotopic (exact) mass is 347 g/mol. The summed E-state index contributed by atoms with van der Waals surface area (Å²) in [5.41, 5.74) is 1.05. The van der Waals surface area contributed by atoms with E-state index in [-0.39, 0.29) is 24.5 Å². The molecule has 1 aromatic carbocycles. The van der Waals surface area contributed by atoms with E-state index in [4.69, 9.17) is 10.1 Å². The molecule has 5 nitrogen and oxygen atoms in total. The van der Waals surface area contributed by atoms with E-state index in [0.717, 1.165) is 43.0 Å². The number of para-hydroxylation sites is 1. The lowest BCUT2D eigenvalue weighted by atomic mass is 9.95. The Labute approximate surface area is 146 Å². The first-order chi connectivity index (χ1) is 11.7. The van der Waals surface area contributed by atoms with Crippen LogP contribution in [-0.2, 0) is 4.79 Å². The number of fused-ring (bicyclic) bond motifs is 1. The van der Waals surface area contributed by atoms with Crippen molar-refractivity contribution in [3.05, 3.63) is 24.3 Å². The van der Waals surface area contributed by atoms with Crippen molar-refractivity contribution in [2.24, 2.45) is 5.92 Å². The summed E-state index contributed by atoms with van der Waals surface area (Å²) in [6.45, 7) is 3.90. The molecule has 1 unspecified atom stereocenters. The van der Waals surface area contributed by atoms with Crippen LogP contribution in [0.2, 0.25) is 0 Å². The molecule has 2 N–H and O–H groups in total. The second-order valence-electron chi connectivity index (χ2n) is 6.35. The Hall–Kier alpha value is -1.66. The third-order valence-corrected chi connectivity index (χ3v) is 5.83. The molecule has 130 valence electrons. The predicted octanol–water partition coefficient (Wildman–Crippen LogP) is 2.79. The number of thiazole rings is 1. The number of hydrogen-bond donors (Lipinski definition) is 2. The van der Waals surface area contributed by atoms with Gasteiger partial charge in [-0.15, -0.1) is 0 Å². The van der Waals surface area contributed by atoms with Gasteiger partial charge in [0.1, 0.15) is 0 Å². The van der Waals surface area contributed by atoms with E-state index >= 15 is 0 Å². The van der Waals surface area contributed by atoms with Crippen molar-refractivity contribution in [1.29, 1.82) is 0 Å². The van der Waals surface area contributed by atoms with Gasteiger partial charge in [0.15, 0.2) is 5.13 Å². The molecule has 1 fully saturated rings. The van der Waals surface area contributed by atoms with E-state index in [1.807, 2.05) is 25.1 Å². The van der Waals surface area contributed by atoms with Crippen molar-refractivity contribution in [1.82, 2.24) is 10.3 Å². The predicted molar refractivity (Wildman–Crippen MR) is 98.5 cm³/mol. The maximum Gasteiger partial charge on any atom is 0.223 e. The van der Waals surface area contributed by atoms with Crippen LogP contribution in [0, 0.1) is 5.92 Å². The van der Waals surface area contributed by atoms with Crippen LogP contribution in [0.4, 0.5) is 5.13 Å². The molecule has 3 rings (SSSR count). The molecular weight excluding hydrogens is 322 g/mol. The van der Waals surface area contributed by atoms with Gasteiger partial charge >= 0.3 is 0 Å². The minimum Gasteiger partial charge on any atom is -0.396 e. The SMILES string of the molecule is CCC(CCO)NC(=O)C1CCN(c2nc3ccccc3s2)CC1. The fraction of sp³-hybridized carbons (Fsp3) is 0.556. The summed E-state index contributed by atoms with van der Waals surface area (Å²) in [5, 5.41) is 13.2. The highest BCUT2D eigenvalue weighted by Gasteiger charge is 2.27. The third kappa shape index (κ3) is 3.87. The van der Waals surface area contributed by atoms with Crippen LogP contribution in [-0.4, -0.2) is 41.7 Å². The van der Waals surface area contributed by atoms with Crippen LogP contribution in [0.3, 0.4) is 0 Å². The first kappa shape index (κ1) is 17.2. The highest BCUT2D eigenvalue weighted by Crippen LogP contribution is 2.31. The second kappa shape index (κ2) is 7.94. The van der Waals surface area contributed by atoms with Gasteiger partial charge in [0.2, 0.25) is 5.91 Å². The molecule has 1 amide bonds. The molecule has 24 heavy (non-hydrogen) atoms. The molecule has 1 aliphatic heterocycles. The lowest BCUT2D eigenvalue weighted by molar-refractivity contribution is -0.126. The molecule has 1 saturated heterocycles. The van der Waals surface area contributed by atoms with Gasteiger partial charge in [0, 0.05) is 31.7 Å². The molecule has 1 aromatic heterocycles. The molecule has 1 aliphatic rings. The van der Waals surface area contributed by atoms with Gasteiger partial charge in [-0.25, -0.2) is 4.98 Å². The maximum absolute atomic E-state index is 12.4. The van der Waals surface area contributed by atoms with Gasteiger partial charge in [0.05, 0.1) is 10.2 Å². The molecule has 0 bridgehead atoms. The maximum atomic E-state index is 12.4. The van der Waals surface area contributed by atoms with Crippen LogP contribution in [0.15, 0.2) is 24.3 Å². The van der Waals surface area contributed by atoms with E-state index < -0.39 is 0 Å². The Morgan fingerprint density at radius 3 is 2.83 bits per heavy atom. The Bertz CT molecular complexity index is 647. The number of nitrogens with one attached hydrogen (secondary N) is 1. The molecule has 0 aliphatic carbocycles. The van der Waals surface area contributed by atoms with Crippen LogP contribution < -0.4 is 10.2 Å². The summed E-state index contributed by atoms with van der Waals surface area (Å²) >= 11 is 1.72. The first-order valence-corrected chi connectivity index (χ1v) is 9.54. The number of nitrogens with zero attached hydrogens (tertiary/aromatic N) is 2. The molecule has 2 aromatic rings. The van der Waals surface area contributed by atoms with Gasteiger partial charge in [-0.3, -0.25) is 4.79 Å². The lowest BCUT2D eigenvalue weighted by Gasteiger charge is -2.31. The van der Waals surface area contributed by atoms with Crippen molar-refractivity contribution in [3.8, 4) is 0 Å². The Morgan fingerprint density at radius 1 is 1.42 bits per heavy atom. The van der Waals surface area contributed by atoms with Crippen molar-refractivity contribution < 1.29 is 9.90 Å². The highest BCUT2D eigenvalue weighted by molar-refractivity contribution is 7.22. The van der Waals surface area contributed by atoms with E-state index in [1.54, 1.807) is 11.3 Å². The first-order valence-electron chi connectivity index (χ1n) is 8.73. The van der Waals surface area contributed by atoms with Crippen molar-refractivity contribution in [2.75, 3.05) is 24.6 Å². The molecule has 0 spiro atoms. The van der Waals surface area contributed by atoms with E-state index in [1.165, 1.54) is 4.70 Å². The molecule has 0 saturated carbocycles. The quantitative estimate of drug-likeness (QED) is 0.843. The highest BCUT2D eigenvalue weighted by atomic mass is 32.1. The summed E-state index contributed by atoms with van der Waals surface area (Å²) in [6.07, 6.45) is 3.21. The largest absolute Gasteiger partial charge is 0.396 e. The normalized spacial score (nSPS) is 17.2. The van der Waals surface area contributed by atoms with Crippen LogP contribution in [0.25, 0.3) is 10.2 Å². The zero-order valence-electron chi connectivity index (χ0n) is 14.1. The fourth-order valence-electron chi connectivity index (χ4n) is 3.18. The Kier molecular flexibility index (Phi) is 5.68. The topological polar surface area (TPSA) is 65.5 Å². The molecule has 6 heteroatoms. The van der Waals surface area contributed by atoms with Gasteiger partial charge in [-0.1, -0.05) is 30.4 Å². The van der Waals surface area contributed by atoms with Crippen LogP contribution in [0.1, 0.15) is 32.6 Å². The average Bonchev–Trinajstić information content (AvgIpc) is 3.05. The number of amides is 1. The van der Waals surface area contributed by atoms with Gasteiger partial charge in [0.25, 0.3) is 0 Å². The van der Waals surface area contributed by atoms with Crippen LogP contribution in [0.5, 0.6) is 0 Å². The van der Waals surface area contributed by atoms with Gasteiger partial charge < -0.3 is 15.3 Å². The van der Waals surface area contributed by atoms with E-state index in [0.29, 0.717) is 6.42 Å². The van der Waals surface area contributed by atoms with E-state index in [2.05, 4.69) is 16.3 Å². The number of carbonyl (C=O) groups is 1. The minimum absolute atomic E-state index is 0.0726. The summed E-state index contributed by atoms with van der Waals surface area (Å²) in [5.74, 6) is 0.211. The second-order valence-corrected chi connectivity index (χ2v) is 7.36. The lowest BCUT2D eigenvalue weighted by Crippen LogP contribution is -2.44. The summed E-state index contributed by atoms with van der Waals surface area (Å²) < 4.78 is 1.21. The summed E-state index contributed by atoms with van der Waals surface area (Å²) in [6, 6.07) is 8.28. The number of piperidine rings is 1. The summed E-state index contributed by atoms with van der Waals surface area (Å²) in [7, 11) is 0. The number of anilines is 1. The average molecular weight is 347 g/mol. The van der Waals surface area contributed by atoms with Gasteiger partial charge in [-0.05, 0) is 37.8 Å². The Morgan fingerprint density at radius 2 is 2.17 bits per heavy atom. The number of aromatic nitrogens is 1. The van der Waals surface area contributed by atoms with Crippen molar-refractivity contribution in [3.63, 3.8) is 0 Å². The van der Waals surface area contributed by atoms with E-state index in [9.17, 15) is 4.79 Å². The Balaban J connectivity index is 1.56. The van der Waals surface area contributed by atoms with Gasteiger partial charge in [-0.2, -0.15) is 0 Å². The number of aliphatic hydroxyl groups is 1. The molecule has 2 heterocycles. The smallest absolute Gasteiger partial charge is 0.223 e. The third-order valence-electron chi connectivity index (χ3n) is 4.74. The molecular formula is C18H25N3O2S. The number of aliphatic hydroxyl groups excluding tert-OH is 1. The standard InChI is InChI=1S/C18H25N3O2S/c1-2-14(9-12-22)19-17(23)13-7-10-21(11-8-13)18-20-15-5-3-4-6-16(15)24-18/h3-6,13-14,22H,2,7-12H2,1H3,(H,19,23). The van der Waals surface area contributed by atoms with Crippen LogP contribution >= 0.6 is 11.3 Å². The minimum atomic E-state index is 0.0726. The number of carbonyl (C=O) groups excluding carboxylic acids is 1.